The highest BCUT2D eigenvalue weighted by atomic mass is 16.5. The van der Waals surface area contributed by atoms with Crippen LogP contribution in [-0.4, -0.2) is 32.8 Å². The topological polar surface area (TPSA) is 56.8 Å². The Kier molecular flexibility index (Phi) is 3.37. The van der Waals surface area contributed by atoms with Gasteiger partial charge in [0.15, 0.2) is 0 Å². The summed E-state index contributed by atoms with van der Waals surface area (Å²) in [6.45, 7) is 0.467. The third-order valence-corrected chi connectivity index (χ3v) is 2.67. The first kappa shape index (κ1) is 11.6. The average Bonchev–Trinajstić information content (AvgIpc) is 2.75. The van der Waals surface area contributed by atoms with E-state index in [1.165, 1.54) is 0 Å². The summed E-state index contributed by atoms with van der Waals surface area (Å²) in [6, 6.07) is 5.11. The Hall–Kier alpha value is -1.91. The number of carbonyl (C=O) groups is 1. The van der Waals surface area contributed by atoms with Crippen LogP contribution < -0.4 is 14.8 Å². The van der Waals surface area contributed by atoms with E-state index in [0.29, 0.717) is 24.5 Å². The van der Waals surface area contributed by atoms with Crippen molar-refractivity contribution >= 4 is 11.7 Å². The van der Waals surface area contributed by atoms with E-state index < -0.39 is 0 Å². The maximum Gasteiger partial charge on any atom is 0.328 e. The molecule has 2 rings (SSSR count). The van der Waals surface area contributed by atoms with Crippen LogP contribution in [0.15, 0.2) is 18.2 Å². The molecule has 92 valence electrons. The van der Waals surface area contributed by atoms with Crippen molar-refractivity contribution in [3.8, 4) is 11.5 Å². The van der Waals surface area contributed by atoms with Crippen molar-refractivity contribution in [2.45, 2.75) is 12.5 Å². The van der Waals surface area contributed by atoms with E-state index in [1.54, 1.807) is 20.3 Å². The molecule has 1 aliphatic rings. The molecular formula is C12H15NO4. The molecule has 0 amide bonds. The van der Waals surface area contributed by atoms with Crippen LogP contribution in [-0.2, 0) is 9.53 Å². The summed E-state index contributed by atoms with van der Waals surface area (Å²) in [5.41, 5.74) is 0.761. The zero-order valence-corrected chi connectivity index (χ0v) is 9.86. The standard InChI is InChI=1S/C12H15NO4/c1-15-8-3-4-9(11(7-8)16-2)13-10-5-6-17-12(10)14/h3-4,7,10,13H,5-6H2,1-2H3/t10-/m0/s1. The van der Waals surface area contributed by atoms with Gasteiger partial charge in [-0.1, -0.05) is 0 Å². The van der Waals surface area contributed by atoms with E-state index in [1.807, 2.05) is 12.1 Å². The molecule has 0 aromatic heterocycles. The molecule has 0 aliphatic carbocycles. The number of benzene rings is 1. The summed E-state index contributed by atoms with van der Waals surface area (Å²) >= 11 is 0. The second-order valence-electron chi connectivity index (χ2n) is 3.72. The Balaban J connectivity index is 2.17. The second kappa shape index (κ2) is 4.95. The van der Waals surface area contributed by atoms with Gasteiger partial charge in [-0.2, -0.15) is 0 Å². The van der Waals surface area contributed by atoms with Crippen molar-refractivity contribution in [3.63, 3.8) is 0 Å². The Bertz CT molecular complexity index is 419. The average molecular weight is 237 g/mol. The molecule has 5 nitrogen and oxygen atoms in total. The van der Waals surface area contributed by atoms with Crippen molar-refractivity contribution in [2.24, 2.45) is 0 Å². The monoisotopic (exact) mass is 237 g/mol. The van der Waals surface area contributed by atoms with Crippen LogP contribution in [0.1, 0.15) is 6.42 Å². The third-order valence-electron chi connectivity index (χ3n) is 2.67. The molecule has 17 heavy (non-hydrogen) atoms. The van der Waals surface area contributed by atoms with Gasteiger partial charge in [0.2, 0.25) is 0 Å². The highest BCUT2D eigenvalue weighted by Gasteiger charge is 2.26. The van der Waals surface area contributed by atoms with Gasteiger partial charge in [0.25, 0.3) is 0 Å². The van der Waals surface area contributed by atoms with E-state index >= 15 is 0 Å². The van der Waals surface area contributed by atoms with Crippen molar-refractivity contribution in [1.29, 1.82) is 0 Å². The maximum absolute atomic E-state index is 11.4. The zero-order chi connectivity index (χ0) is 12.3. The Morgan fingerprint density at radius 2 is 2.18 bits per heavy atom. The van der Waals surface area contributed by atoms with Crippen molar-refractivity contribution in [2.75, 3.05) is 26.1 Å². The molecule has 0 unspecified atom stereocenters. The normalized spacial score (nSPS) is 18.7. The quantitative estimate of drug-likeness (QED) is 0.803. The van der Waals surface area contributed by atoms with Crippen LogP contribution in [0.4, 0.5) is 5.69 Å². The Morgan fingerprint density at radius 1 is 1.35 bits per heavy atom. The van der Waals surface area contributed by atoms with E-state index in [9.17, 15) is 4.79 Å². The van der Waals surface area contributed by atoms with Gasteiger partial charge in [-0.3, -0.25) is 0 Å². The largest absolute Gasteiger partial charge is 0.497 e. The molecular weight excluding hydrogens is 222 g/mol. The number of hydrogen-bond donors (Lipinski definition) is 1. The molecule has 1 N–H and O–H groups in total. The molecule has 0 spiro atoms. The van der Waals surface area contributed by atoms with Crippen LogP contribution in [0.3, 0.4) is 0 Å². The third kappa shape index (κ3) is 2.43. The number of esters is 1. The predicted octanol–water partition coefficient (Wildman–Crippen LogP) is 1.43. The molecule has 0 radical (unpaired) electrons. The molecule has 0 saturated carbocycles. The molecule has 1 atom stereocenters. The highest BCUT2D eigenvalue weighted by Crippen LogP contribution is 2.30. The maximum atomic E-state index is 11.4. The summed E-state index contributed by atoms with van der Waals surface area (Å²) in [5.74, 6) is 1.13. The Morgan fingerprint density at radius 3 is 2.76 bits per heavy atom. The van der Waals surface area contributed by atoms with Crippen LogP contribution in [0.25, 0.3) is 0 Å². The lowest BCUT2D eigenvalue weighted by Crippen LogP contribution is -2.24. The first-order valence-corrected chi connectivity index (χ1v) is 5.40. The number of rotatable bonds is 4. The first-order valence-electron chi connectivity index (χ1n) is 5.40. The molecule has 0 bridgehead atoms. The van der Waals surface area contributed by atoms with Gasteiger partial charge in [0.05, 0.1) is 26.5 Å². The number of carbonyl (C=O) groups excluding carboxylic acids is 1. The van der Waals surface area contributed by atoms with Gasteiger partial charge in [0.1, 0.15) is 17.5 Å². The van der Waals surface area contributed by atoms with Gasteiger partial charge in [-0.25, -0.2) is 4.79 Å². The SMILES string of the molecule is COc1ccc(N[C@H]2CCOC2=O)c(OC)c1. The lowest BCUT2D eigenvalue weighted by molar-refractivity contribution is -0.138. The van der Waals surface area contributed by atoms with Gasteiger partial charge < -0.3 is 19.5 Å². The fraction of sp³-hybridized carbons (Fsp3) is 0.417. The number of ether oxygens (including phenoxy) is 3. The van der Waals surface area contributed by atoms with Gasteiger partial charge in [-0.05, 0) is 12.1 Å². The minimum atomic E-state index is -0.294. The van der Waals surface area contributed by atoms with Gasteiger partial charge in [0, 0.05) is 12.5 Å². The molecule has 1 heterocycles. The molecule has 1 aliphatic heterocycles. The smallest absolute Gasteiger partial charge is 0.328 e. The fourth-order valence-corrected chi connectivity index (χ4v) is 1.73. The van der Waals surface area contributed by atoms with Crippen LogP contribution in [0, 0.1) is 0 Å². The van der Waals surface area contributed by atoms with Gasteiger partial charge >= 0.3 is 5.97 Å². The van der Waals surface area contributed by atoms with Gasteiger partial charge in [-0.15, -0.1) is 0 Å². The zero-order valence-electron chi connectivity index (χ0n) is 9.86. The number of anilines is 1. The second-order valence-corrected chi connectivity index (χ2v) is 3.72. The van der Waals surface area contributed by atoms with E-state index in [-0.39, 0.29) is 12.0 Å². The lowest BCUT2D eigenvalue weighted by Gasteiger charge is -2.14. The van der Waals surface area contributed by atoms with E-state index in [0.717, 1.165) is 5.69 Å². The molecule has 1 aromatic rings. The number of nitrogens with one attached hydrogen (secondary N) is 1. The summed E-state index contributed by atoms with van der Waals surface area (Å²) < 4.78 is 15.2. The van der Waals surface area contributed by atoms with Crippen LogP contribution in [0.2, 0.25) is 0 Å². The first-order chi connectivity index (χ1) is 8.24. The molecule has 1 fully saturated rings. The highest BCUT2D eigenvalue weighted by molar-refractivity contribution is 5.81. The summed E-state index contributed by atoms with van der Waals surface area (Å²) in [6.07, 6.45) is 0.675. The number of methoxy groups -OCH3 is 2. The Labute approximate surface area is 99.7 Å². The summed E-state index contributed by atoms with van der Waals surface area (Å²) in [7, 11) is 3.17. The number of cyclic esters (lactones) is 1. The van der Waals surface area contributed by atoms with E-state index in [4.69, 9.17) is 14.2 Å². The van der Waals surface area contributed by atoms with Crippen molar-refractivity contribution < 1.29 is 19.0 Å². The van der Waals surface area contributed by atoms with Crippen LogP contribution >= 0.6 is 0 Å². The molecule has 1 aromatic carbocycles. The fourth-order valence-electron chi connectivity index (χ4n) is 1.73. The summed E-state index contributed by atoms with van der Waals surface area (Å²) in [4.78, 5) is 11.4. The van der Waals surface area contributed by atoms with E-state index in [2.05, 4.69) is 5.32 Å². The van der Waals surface area contributed by atoms with Crippen molar-refractivity contribution in [3.05, 3.63) is 18.2 Å². The molecule has 5 heteroatoms. The van der Waals surface area contributed by atoms with Crippen molar-refractivity contribution in [1.82, 2.24) is 0 Å². The summed E-state index contributed by atoms with van der Waals surface area (Å²) in [5, 5.41) is 3.11. The van der Waals surface area contributed by atoms with Crippen LogP contribution in [0.5, 0.6) is 11.5 Å². The lowest BCUT2D eigenvalue weighted by atomic mass is 10.2. The predicted molar refractivity (Wildman–Crippen MR) is 62.5 cm³/mol. The minimum Gasteiger partial charge on any atom is -0.497 e. The molecule has 1 saturated heterocycles. The number of hydrogen-bond acceptors (Lipinski definition) is 5. The minimum absolute atomic E-state index is 0.220.